The van der Waals surface area contributed by atoms with Crippen LogP contribution in [-0.4, -0.2) is 68.6 Å². The summed E-state index contributed by atoms with van der Waals surface area (Å²) in [7, 11) is -2.17. The van der Waals surface area contributed by atoms with Crippen LogP contribution in [0.4, 0.5) is 0 Å². The Morgan fingerprint density at radius 2 is 1.79 bits per heavy atom. The maximum Gasteiger partial charge on any atom is 0.260 e. The number of aryl methyl sites for hydroxylation is 2. The molecule has 9 nitrogen and oxygen atoms in total. The van der Waals surface area contributed by atoms with E-state index in [1.165, 1.54) is 11.4 Å². The molecule has 0 N–H and O–H groups in total. The Balaban J connectivity index is 1.58. The molecule has 2 heterocycles. The van der Waals surface area contributed by atoms with Crippen molar-refractivity contribution in [3.8, 4) is 11.5 Å². The van der Waals surface area contributed by atoms with E-state index in [0.29, 0.717) is 17.2 Å². The highest BCUT2D eigenvalue weighted by molar-refractivity contribution is 7.89. The Bertz CT molecular complexity index is 928. The number of hydrogen-bond donors (Lipinski definition) is 0. The lowest BCUT2D eigenvalue weighted by Crippen LogP contribution is -2.51. The number of aromatic nitrogens is 1. The first kappa shape index (κ1) is 20.2. The van der Waals surface area contributed by atoms with Gasteiger partial charge in [0, 0.05) is 26.2 Å². The number of piperazine rings is 1. The molecule has 1 amide bonds. The maximum atomic E-state index is 12.8. The number of nitrogens with zero attached hydrogens (tertiary/aromatic N) is 3. The van der Waals surface area contributed by atoms with E-state index in [-0.39, 0.29) is 49.3 Å². The zero-order valence-electron chi connectivity index (χ0n) is 16.0. The minimum Gasteiger partial charge on any atom is -0.493 e. The Labute approximate surface area is 163 Å². The van der Waals surface area contributed by atoms with E-state index in [2.05, 4.69) is 5.16 Å². The normalized spacial score (nSPS) is 15.5. The average Bonchev–Trinajstić information content (AvgIpc) is 3.05. The molecule has 28 heavy (non-hydrogen) atoms. The van der Waals surface area contributed by atoms with E-state index in [1.807, 2.05) is 6.07 Å². The third-order valence-corrected chi connectivity index (χ3v) is 6.72. The van der Waals surface area contributed by atoms with Crippen molar-refractivity contribution in [2.45, 2.75) is 18.7 Å². The van der Waals surface area contributed by atoms with Gasteiger partial charge in [-0.3, -0.25) is 4.79 Å². The van der Waals surface area contributed by atoms with Crippen LogP contribution < -0.4 is 9.47 Å². The number of sulfonamides is 1. The van der Waals surface area contributed by atoms with Crippen LogP contribution in [0.3, 0.4) is 0 Å². The minimum atomic E-state index is -3.70. The monoisotopic (exact) mass is 409 g/mol. The second-order valence-electron chi connectivity index (χ2n) is 6.38. The van der Waals surface area contributed by atoms with Crippen molar-refractivity contribution in [2.75, 3.05) is 39.9 Å². The number of carbonyl (C=O) groups is 1. The second-order valence-corrected chi connectivity index (χ2v) is 8.25. The van der Waals surface area contributed by atoms with Gasteiger partial charge in [-0.1, -0.05) is 17.3 Å². The van der Waals surface area contributed by atoms with Crippen LogP contribution in [0.25, 0.3) is 0 Å². The van der Waals surface area contributed by atoms with E-state index in [0.717, 1.165) is 0 Å². The molecule has 1 aromatic heterocycles. The topological polar surface area (TPSA) is 102 Å². The molecule has 1 aliphatic heterocycles. The number of hydrogen-bond acceptors (Lipinski definition) is 7. The van der Waals surface area contributed by atoms with E-state index < -0.39 is 10.0 Å². The summed E-state index contributed by atoms with van der Waals surface area (Å²) in [4.78, 5) is 14.1. The highest BCUT2D eigenvalue weighted by Crippen LogP contribution is 2.26. The molecule has 0 saturated carbocycles. The van der Waals surface area contributed by atoms with Crippen LogP contribution >= 0.6 is 0 Å². The van der Waals surface area contributed by atoms with Gasteiger partial charge in [0.1, 0.15) is 10.6 Å². The molecule has 2 aromatic rings. The maximum absolute atomic E-state index is 12.8. The molecule has 10 heteroatoms. The Kier molecular flexibility index (Phi) is 5.90. The third kappa shape index (κ3) is 3.97. The summed E-state index contributed by atoms with van der Waals surface area (Å²) in [5.41, 5.74) is 0.334. The van der Waals surface area contributed by atoms with Gasteiger partial charge in [-0.25, -0.2) is 8.42 Å². The summed E-state index contributed by atoms with van der Waals surface area (Å²) in [6.07, 6.45) is 0. The van der Waals surface area contributed by atoms with Crippen molar-refractivity contribution in [2.24, 2.45) is 0 Å². The van der Waals surface area contributed by atoms with Gasteiger partial charge in [-0.15, -0.1) is 0 Å². The van der Waals surface area contributed by atoms with Crippen LogP contribution in [0, 0.1) is 13.8 Å². The van der Waals surface area contributed by atoms with E-state index >= 15 is 0 Å². The lowest BCUT2D eigenvalue weighted by Gasteiger charge is -2.33. The quantitative estimate of drug-likeness (QED) is 0.707. The molecule has 1 saturated heterocycles. The predicted octanol–water partition coefficient (Wildman–Crippen LogP) is 1.21. The zero-order valence-corrected chi connectivity index (χ0v) is 16.9. The van der Waals surface area contributed by atoms with Crippen molar-refractivity contribution < 1.29 is 27.2 Å². The third-order valence-electron chi connectivity index (χ3n) is 4.58. The number of rotatable bonds is 6. The van der Waals surface area contributed by atoms with Gasteiger partial charge < -0.3 is 18.9 Å². The number of ether oxygens (including phenoxy) is 2. The Morgan fingerprint density at radius 3 is 2.36 bits per heavy atom. The summed E-state index contributed by atoms with van der Waals surface area (Å²) in [5, 5.41) is 3.72. The standard InChI is InChI=1S/C18H23N3O6S/c1-13-18(14(2)27-19-13)28(23,24)21-10-8-20(9-11-21)17(22)12-26-16-7-5-4-6-15(16)25-3/h4-7H,8-12H2,1-3H3. The lowest BCUT2D eigenvalue weighted by molar-refractivity contribution is -0.134. The highest BCUT2D eigenvalue weighted by atomic mass is 32.2. The molecular weight excluding hydrogens is 386 g/mol. The van der Waals surface area contributed by atoms with Crippen molar-refractivity contribution in [3.63, 3.8) is 0 Å². The largest absolute Gasteiger partial charge is 0.493 e. The van der Waals surface area contributed by atoms with Crippen LogP contribution in [-0.2, 0) is 14.8 Å². The second kappa shape index (κ2) is 8.19. The van der Waals surface area contributed by atoms with Gasteiger partial charge in [0.25, 0.3) is 5.91 Å². The molecule has 0 aliphatic carbocycles. The Morgan fingerprint density at radius 1 is 1.14 bits per heavy atom. The number of para-hydroxylation sites is 2. The molecule has 0 radical (unpaired) electrons. The molecular formula is C18H23N3O6S. The minimum absolute atomic E-state index is 0.104. The number of methoxy groups -OCH3 is 1. The summed E-state index contributed by atoms with van der Waals surface area (Å²) in [5.74, 6) is 1.09. The number of benzene rings is 1. The fourth-order valence-corrected chi connectivity index (χ4v) is 4.83. The first-order valence-electron chi connectivity index (χ1n) is 8.81. The smallest absolute Gasteiger partial charge is 0.260 e. The van der Waals surface area contributed by atoms with Crippen LogP contribution in [0.2, 0.25) is 0 Å². The fourth-order valence-electron chi connectivity index (χ4n) is 3.12. The van der Waals surface area contributed by atoms with Gasteiger partial charge in [0.15, 0.2) is 23.9 Å². The number of amides is 1. The summed E-state index contributed by atoms with van der Waals surface area (Å²) < 4.78 is 42.7. The molecule has 1 fully saturated rings. The van der Waals surface area contributed by atoms with Gasteiger partial charge in [0.05, 0.1) is 7.11 Å². The van der Waals surface area contributed by atoms with Crippen molar-refractivity contribution in [1.29, 1.82) is 0 Å². The lowest BCUT2D eigenvalue weighted by atomic mass is 10.3. The first-order valence-corrected chi connectivity index (χ1v) is 10.2. The molecule has 0 bridgehead atoms. The van der Waals surface area contributed by atoms with E-state index in [9.17, 15) is 13.2 Å². The molecule has 3 rings (SSSR count). The molecule has 0 spiro atoms. The SMILES string of the molecule is COc1ccccc1OCC(=O)N1CCN(S(=O)(=O)c2c(C)noc2C)CC1. The van der Waals surface area contributed by atoms with E-state index in [4.69, 9.17) is 14.0 Å². The Hall–Kier alpha value is -2.59. The summed E-state index contributed by atoms with van der Waals surface area (Å²) in [6.45, 7) is 4.00. The van der Waals surface area contributed by atoms with Gasteiger partial charge in [0.2, 0.25) is 10.0 Å². The average molecular weight is 409 g/mol. The van der Waals surface area contributed by atoms with Crippen LogP contribution in [0.1, 0.15) is 11.5 Å². The van der Waals surface area contributed by atoms with Gasteiger partial charge >= 0.3 is 0 Å². The fraction of sp³-hybridized carbons (Fsp3) is 0.444. The molecule has 0 unspecified atom stereocenters. The first-order chi connectivity index (χ1) is 13.3. The zero-order chi connectivity index (χ0) is 20.3. The molecule has 152 valence electrons. The summed E-state index contributed by atoms with van der Waals surface area (Å²) in [6, 6.07) is 7.07. The van der Waals surface area contributed by atoms with E-state index in [1.54, 1.807) is 36.9 Å². The van der Waals surface area contributed by atoms with Gasteiger partial charge in [-0.2, -0.15) is 4.31 Å². The molecule has 1 aromatic carbocycles. The predicted molar refractivity (Wildman–Crippen MR) is 99.8 cm³/mol. The van der Waals surface area contributed by atoms with Crippen molar-refractivity contribution in [1.82, 2.24) is 14.4 Å². The molecule has 1 aliphatic rings. The number of carbonyl (C=O) groups excluding carboxylic acids is 1. The molecule has 0 atom stereocenters. The van der Waals surface area contributed by atoms with Gasteiger partial charge in [-0.05, 0) is 26.0 Å². The highest BCUT2D eigenvalue weighted by Gasteiger charge is 2.34. The van der Waals surface area contributed by atoms with Crippen molar-refractivity contribution in [3.05, 3.63) is 35.7 Å². The van der Waals surface area contributed by atoms with Crippen molar-refractivity contribution >= 4 is 15.9 Å². The van der Waals surface area contributed by atoms with Crippen LogP contribution in [0.5, 0.6) is 11.5 Å². The summed E-state index contributed by atoms with van der Waals surface area (Å²) >= 11 is 0. The van der Waals surface area contributed by atoms with Crippen LogP contribution in [0.15, 0.2) is 33.7 Å².